The number of piperazine rings is 1. The van der Waals surface area contributed by atoms with E-state index in [2.05, 4.69) is 26.6 Å². The lowest BCUT2D eigenvalue weighted by atomic mass is 10.0. The lowest BCUT2D eigenvalue weighted by Crippen LogP contribution is -2.43. The molecule has 1 heterocycles. The van der Waals surface area contributed by atoms with E-state index in [0.717, 1.165) is 13.1 Å². The Morgan fingerprint density at radius 1 is 1.25 bits per heavy atom. The molecule has 1 aliphatic heterocycles. The first-order valence-electron chi connectivity index (χ1n) is 4.77. The van der Waals surface area contributed by atoms with Crippen LogP contribution in [0.1, 0.15) is 11.6 Å². The van der Waals surface area contributed by atoms with Gasteiger partial charge in [0.25, 0.3) is 0 Å². The zero-order valence-corrected chi connectivity index (χ0v) is 10.8. The molecule has 90 valence electrons. The van der Waals surface area contributed by atoms with Crippen molar-refractivity contribution >= 4 is 28.3 Å². The maximum Gasteiger partial charge on any atom is 0.145 e. The average Bonchev–Trinajstić information content (AvgIpc) is 2.26. The minimum absolute atomic E-state index is 0. The van der Waals surface area contributed by atoms with E-state index in [0.29, 0.717) is 11.0 Å². The topological polar surface area (TPSA) is 24.1 Å². The SMILES string of the molecule is Cl.Fc1ccc(Br)c(F)c1[C@@H]1CNCCN1. The van der Waals surface area contributed by atoms with E-state index in [1.54, 1.807) is 0 Å². The second-order valence-corrected chi connectivity index (χ2v) is 4.32. The summed E-state index contributed by atoms with van der Waals surface area (Å²) in [6.45, 7) is 2.09. The van der Waals surface area contributed by atoms with Crippen LogP contribution in [0.4, 0.5) is 8.78 Å². The van der Waals surface area contributed by atoms with Gasteiger partial charge in [-0.3, -0.25) is 0 Å². The summed E-state index contributed by atoms with van der Waals surface area (Å²) < 4.78 is 27.5. The molecule has 0 radical (unpaired) electrons. The normalized spacial score (nSPS) is 20.3. The van der Waals surface area contributed by atoms with Crippen LogP contribution in [0.2, 0.25) is 0 Å². The van der Waals surface area contributed by atoms with Crippen molar-refractivity contribution in [3.8, 4) is 0 Å². The quantitative estimate of drug-likeness (QED) is 0.778. The Labute approximate surface area is 107 Å². The van der Waals surface area contributed by atoms with Crippen LogP contribution in [0.15, 0.2) is 16.6 Å². The molecule has 1 aliphatic rings. The molecule has 16 heavy (non-hydrogen) atoms. The van der Waals surface area contributed by atoms with Crippen LogP contribution in [-0.4, -0.2) is 19.6 Å². The Hall–Kier alpha value is -0.230. The summed E-state index contributed by atoms with van der Waals surface area (Å²) in [5, 5.41) is 6.18. The fraction of sp³-hybridized carbons (Fsp3) is 0.400. The number of nitrogens with one attached hydrogen (secondary N) is 2. The molecule has 1 aromatic carbocycles. The summed E-state index contributed by atoms with van der Waals surface area (Å²) in [5.41, 5.74) is 0.108. The highest BCUT2D eigenvalue weighted by Gasteiger charge is 2.23. The highest BCUT2D eigenvalue weighted by molar-refractivity contribution is 9.10. The van der Waals surface area contributed by atoms with Crippen LogP contribution in [0.3, 0.4) is 0 Å². The van der Waals surface area contributed by atoms with Crippen molar-refractivity contribution in [3.05, 3.63) is 33.8 Å². The molecule has 1 saturated heterocycles. The van der Waals surface area contributed by atoms with Crippen molar-refractivity contribution in [1.29, 1.82) is 0 Å². The Bertz CT molecular complexity index is 370. The Morgan fingerprint density at radius 2 is 2.00 bits per heavy atom. The largest absolute Gasteiger partial charge is 0.314 e. The van der Waals surface area contributed by atoms with Crippen molar-refractivity contribution < 1.29 is 8.78 Å². The molecule has 1 fully saturated rings. The Kier molecular flexibility index (Phi) is 5.11. The van der Waals surface area contributed by atoms with E-state index in [-0.39, 0.29) is 24.0 Å². The van der Waals surface area contributed by atoms with Crippen LogP contribution in [0.5, 0.6) is 0 Å². The van der Waals surface area contributed by atoms with Gasteiger partial charge in [-0.05, 0) is 28.1 Å². The first-order valence-corrected chi connectivity index (χ1v) is 5.57. The van der Waals surface area contributed by atoms with Gasteiger partial charge in [-0.2, -0.15) is 0 Å². The van der Waals surface area contributed by atoms with E-state index < -0.39 is 11.6 Å². The molecule has 1 atom stereocenters. The number of halogens is 4. The molecule has 2 N–H and O–H groups in total. The minimum atomic E-state index is -0.517. The highest BCUT2D eigenvalue weighted by Crippen LogP contribution is 2.26. The summed E-state index contributed by atoms with van der Waals surface area (Å²) in [6, 6.07) is 2.36. The molecule has 0 saturated carbocycles. The zero-order chi connectivity index (χ0) is 10.8. The van der Waals surface area contributed by atoms with E-state index in [9.17, 15) is 8.78 Å². The monoisotopic (exact) mass is 312 g/mol. The van der Waals surface area contributed by atoms with Crippen molar-refractivity contribution in [2.45, 2.75) is 6.04 Å². The Balaban J connectivity index is 0.00000128. The van der Waals surface area contributed by atoms with E-state index in [4.69, 9.17) is 0 Å². The molecule has 0 spiro atoms. The van der Waals surface area contributed by atoms with Crippen LogP contribution < -0.4 is 10.6 Å². The molecule has 0 aliphatic carbocycles. The second-order valence-electron chi connectivity index (χ2n) is 3.47. The summed E-state index contributed by atoms with van der Waals surface area (Å²) in [4.78, 5) is 0. The predicted molar refractivity (Wildman–Crippen MR) is 64.9 cm³/mol. The third kappa shape index (κ3) is 2.71. The molecule has 1 aromatic rings. The molecular weight excluding hydrogens is 301 g/mol. The predicted octanol–water partition coefficient (Wildman–Crippen LogP) is 2.38. The smallest absolute Gasteiger partial charge is 0.145 e. The summed E-state index contributed by atoms with van der Waals surface area (Å²) in [5.74, 6) is -1.02. The van der Waals surface area contributed by atoms with E-state index in [1.165, 1.54) is 12.1 Å². The summed E-state index contributed by atoms with van der Waals surface area (Å²) in [7, 11) is 0. The van der Waals surface area contributed by atoms with Gasteiger partial charge in [-0.15, -0.1) is 12.4 Å². The van der Waals surface area contributed by atoms with E-state index in [1.807, 2.05) is 0 Å². The second kappa shape index (κ2) is 5.91. The Morgan fingerprint density at radius 3 is 2.62 bits per heavy atom. The molecule has 0 amide bonds. The standard InChI is InChI=1S/C10H11BrF2N2.ClH/c11-6-1-2-7(12)9(10(6)13)8-5-14-3-4-15-8;/h1-2,8,14-15H,3-5H2;1H/t8-;/m0./s1. The lowest BCUT2D eigenvalue weighted by molar-refractivity contribution is 0.400. The third-order valence-corrected chi connectivity index (χ3v) is 3.08. The van der Waals surface area contributed by atoms with Crippen molar-refractivity contribution in [1.82, 2.24) is 10.6 Å². The maximum absolute atomic E-state index is 13.7. The number of benzene rings is 1. The van der Waals surface area contributed by atoms with Gasteiger partial charge in [0.05, 0.1) is 10.5 Å². The highest BCUT2D eigenvalue weighted by atomic mass is 79.9. The average molecular weight is 314 g/mol. The van der Waals surface area contributed by atoms with Gasteiger partial charge in [0.2, 0.25) is 0 Å². The van der Waals surface area contributed by atoms with Gasteiger partial charge < -0.3 is 10.6 Å². The molecule has 2 nitrogen and oxygen atoms in total. The first-order chi connectivity index (χ1) is 7.20. The van der Waals surface area contributed by atoms with Crippen molar-refractivity contribution in [2.24, 2.45) is 0 Å². The summed E-state index contributed by atoms with van der Waals surface area (Å²) >= 11 is 3.06. The fourth-order valence-corrected chi connectivity index (χ4v) is 2.07. The molecule has 6 heteroatoms. The van der Waals surface area contributed by atoms with Gasteiger partial charge in [0.1, 0.15) is 11.6 Å². The fourth-order valence-electron chi connectivity index (χ4n) is 1.72. The third-order valence-electron chi connectivity index (χ3n) is 2.47. The van der Waals surface area contributed by atoms with Gasteiger partial charge >= 0.3 is 0 Å². The van der Waals surface area contributed by atoms with Crippen molar-refractivity contribution in [2.75, 3.05) is 19.6 Å². The van der Waals surface area contributed by atoms with Crippen LogP contribution >= 0.6 is 28.3 Å². The summed E-state index contributed by atoms with van der Waals surface area (Å²) in [6.07, 6.45) is 0. The molecule has 2 rings (SSSR count). The number of hydrogen-bond acceptors (Lipinski definition) is 2. The van der Waals surface area contributed by atoms with Crippen molar-refractivity contribution in [3.63, 3.8) is 0 Å². The number of hydrogen-bond donors (Lipinski definition) is 2. The zero-order valence-electron chi connectivity index (χ0n) is 8.40. The van der Waals surface area contributed by atoms with Crippen LogP contribution in [0, 0.1) is 11.6 Å². The van der Waals surface area contributed by atoms with Crippen LogP contribution in [-0.2, 0) is 0 Å². The molecule has 0 aromatic heterocycles. The maximum atomic E-state index is 13.7. The van der Waals surface area contributed by atoms with Gasteiger partial charge in [-0.1, -0.05) is 0 Å². The molecule has 0 unspecified atom stereocenters. The molecule has 0 bridgehead atoms. The first kappa shape index (κ1) is 13.8. The van der Waals surface area contributed by atoms with E-state index >= 15 is 0 Å². The van der Waals surface area contributed by atoms with Gasteiger partial charge in [0.15, 0.2) is 0 Å². The van der Waals surface area contributed by atoms with Crippen LogP contribution in [0.25, 0.3) is 0 Å². The minimum Gasteiger partial charge on any atom is -0.314 e. The molecular formula is C10H12BrClF2N2. The number of rotatable bonds is 1. The van der Waals surface area contributed by atoms with Gasteiger partial charge in [0, 0.05) is 25.2 Å². The lowest BCUT2D eigenvalue weighted by Gasteiger charge is -2.25. The van der Waals surface area contributed by atoms with Gasteiger partial charge in [-0.25, -0.2) is 8.78 Å².